The number of amides is 1. The van der Waals surface area contributed by atoms with Gasteiger partial charge in [0, 0.05) is 11.1 Å². The van der Waals surface area contributed by atoms with Crippen molar-refractivity contribution in [2.75, 3.05) is 13.7 Å². The summed E-state index contributed by atoms with van der Waals surface area (Å²) in [5.41, 5.74) is 0.263. The zero-order chi connectivity index (χ0) is 17.5. The molecule has 0 aromatic heterocycles. The lowest BCUT2D eigenvalue weighted by Crippen LogP contribution is -2.30. The van der Waals surface area contributed by atoms with Crippen molar-refractivity contribution in [3.63, 3.8) is 0 Å². The molecular weight excluding hydrogens is 320 g/mol. The average molecular weight is 335 g/mol. The Morgan fingerprint density at radius 3 is 2.04 bits per heavy atom. The molecule has 0 saturated carbocycles. The number of carbonyl (C=O) groups is 2. The van der Waals surface area contributed by atoms with Crippen LogP contribution in [0.15, 0.2) is 48.5 Å². The fraction of sp³-hybridized carbons (Fsp3) is 0.176. The van der Waals surface area contributed by atoms with Crippen LogP contribution in [0, 0.1) is 0 Å². The van der Waals surface area contributed by atoms with Crippen LogP contribution in [0.1, 0.15) is 22.3 Å². The molecule has 0 aliphatic carbocycles. The van der Waals surface area contributed by atoms with Crippen LogP contribution < -0.4 is 10.1 Å². The Morgan fingerprint density at radius 2 is 1.54 bits per heavy atom. The van der Waals surface area contributed by atoms with Gasteiger partial charge < -0.3 is 14.8 Å². The van der Waals surface area contributed by atoms with Gasteiger partial charge in [-0.15, -0.1) is 0 Å². The van der Waals surface area contributed by atoms with Crippen molar-refractivity contribution < 1.29 is 27.8 Å². The van der Waals surface area contributed by atoms with E-state index in [2.05, 4.69) is 10.1 Å². The molecule has 0 spiro atoms. The molecule has 0 atom stereocenters. The molecule has 1 N–H and O–H groups in total. The first-order valence-corrected chi connectivity index (χ1v) is 7.00. The highest BCUT2D eigenvalue weighted by Gasteiger charge is 2.09. The third kappa shape index (κ3) is 4.77. The summed E-state index contributed by atoms with van der Waals surface area (Å²) in [6.07, 6.45) is -2.53. The number of benzene rings is 2. The summed E-state index contributed by atoms with van der Waals surface area (Å²) in [6, 6.07) is 11.6. The molecule has 2 aromatic carbocycles. The van der Waals surface area contributed by atoms with Gasteiger partial charge in [0.05, 0.1) is 7.11 Å². The van der Waals surface area contributed by atoms with Crippen LogP contribution in [0.5, 0.6) is 11.5 Å². The number of ether oxygens (including phenoxy) is 2. The number of hydrogen-bond donors (Lipinski definition) is 1. The Morgan fingerprint density at radius 1 is 1.00 bits per heavy atom. The molecule has 0 aliphatic rings. The van der Waals surface area contributed by atoms with Crippen LogP contribution in [-0.4, -0.2) is 25.5 Å². The van der Waals surface area contributed by atoms with E-state index in [-0.39, 0.29) is 12.1 Å². The summed E-state index contributed by atoms with van der Waals surface area (Å²) in [7, 11) is 1.23. The maximum Gasteiger partial charge on any atom is 0.325 e. The van der Waals surface area contributed by atoms with Gasteiger partial charge in [-0.2, -0.15) is 0 Å². The van der Waals surface area contributed by atoms with E-state index in [9.17, 15) is 18.4 Å². The van der Waals surface area contributed by atoms with Crippen molar-refractivity contribution >= 4 is 11.9 Å². The summed E-state index contributed by atoms with van der Waals surface area (Å²) in [5, 5.41) is 2.41. The molecular formula is C17H15F2NO4. The molecule has 0 radical (unpaired) electrons. The number of alkyl halides is 2. The van der Waals surface area contributed by atoms with E-state index in [0.717, 1.165) is 0 Å². The fourth-order valence-electron chi connectivity index (χ4n) is 1.82. The molecule has 0 heterocycles. The molecule has 1 amide bonds. The number of carbonyl (C=O) groups excluding carboxylic acids is 2. The summed E-state index contributed by atoms with van der Waals surface area (Å²) in [6.45, 7) is -0.218. The van der Waals surface area contributed by atoms with E-state index in [0.29, 0.717) is 17.1 Å². The molecule has 0 fully saturated rings. The Bertz CT molecular complexity index is 700. The van der Waals surface area contributed by atoms with E-state index < -0.39 is 18.3 Å². The molecule has 2 aromatic rings. The Balaban J connectivity index is 1.96. The second kappa shape index (κ2) is 8.05. The van der Waals surface area contributed by atoms with Gasteiger partial charge in [0.2, 0.25) is 0 Å². The molecule has 0 unspecified atom stereocenters. The summed E-state index contributed by atoms with van der Waals surface area (Å²) < 4.78 is 34.9. The van der Waals surface area contributed by atoms with Gasteiger partial charge in [0.1, 0.15) is 18.0 Å². The van der Waals surface area contributed by atoms with Gasteiger partial charge in [0.25, 0.3) is 12.3 Å². The van der Waals surface area contributed by atoms with Crippen LogP contribution in [0.4, 0.5) is 8.78 Å². The number of halogens is 2. The smallest absolute Gasteiger partial charge is 0.325 e. The average Bonchev–Trinajstić information content (AvgIpc) is 2.60. The normalized spacial score (nSPS) is 10.3. The number of methoxy groups -OCH3 is 1. The third-order valence-electron chi connectivity index (χ3n) is 3.11. The summed E-state index contributed by atoms with van der Waals surface area (Å²) in [4.78, 5) is 22.8. The minimum absolute atomic E-state index is 0.0834. The van der Waals surface area contributed by atoms with Crippen LogP contribution in [0.3, 0.4) is 0 Å². The lowest BCUT2D eigenvalue weighted by Gasteiger charge is -2.08. The van der Waals surface area contributed by atoms with E-state index in [1.54, 1.807) is 12.1 Å². The zero-order valence-corrected chi connectivity index (χ0v) is 12.8. The first-order valence-electron chi connectivity index (χ1n) is 7.00. The van der Waals surface area contributed by atoms with Gasteiger partial charge in [0.15, 0.2) is 0 Å². The first-order chi connectivity index (χ1) is 11.5. The van der Waals surface area contributed by atoms with Gasteiger partial charge >= 0.3 is 5.97 Å². The molecule has 7 heteroatoms. The molecule has 126 valence electrons. The summed E-state index contributed by atoms with van der Waals surface area (Å²) in [5.74, 6) is -0.115. The minimum Gasteiger partial charge on any atom is -0.468 e. The fourth-order valence-corrected chi connectivity index (χ4v) is 1.82. The molecule has 2 rings (SSSR count). The minimum atomic E-state index is -2.53. The number of rotatable bonds is 6. The van der Waals surface area contributed by atoms with Crippen LogP contribution in [0.25, 0.3) is 0 Å². The maximum atomic E-state index is 12.5. The van der Waals surface area contributed by atoms with E-state index >= 15 is 0 Å². The quantitative estimate of drug-likeness (QED) is 0.823. The standard InChI is InChI=1S/C17H15F2NO4/c1-23-15(21)10-20-17(22)12-4-8-14(9-5-12)24-13-6-2-11(3-7-13)16(18)19/h2-9,16H,10H2,1H3,(H,20,22). The van der Waals surface area contributed by atoms with Crippen LogP contribution in [0.2, 0.25) is 0 Å². The predicted octanol–water partition coefficient (Wildman–Crippen LogP) is 3.32. The lowest BCUT2D eigenvalue weighted by atomic mass is 10.2. The van der Waals surface area contributed by atoms with Crippen molar-refractivity contribution in [3.8, 4) is 11.5 Å². The second-order valence-electron chi connectivity index (χ2n) is 4.75. The highest BCUT2D eigenvalue weighted by atomic mass is 19.3. The van der Waals surface area contributed by atoms with E-state index in [1.807, 2.05) is 0 Å². The Hall–Kier alpha value is -2.96. The van der Waals surface area contributed by atoms with Gasteiger partial charge in [-0.05, 0) is 48.5 Å². The second-order valence-corrected chi connectivity index (χ2v) is 4.75. The van der Waals surface area contributed by atoms with Gasteiger partial charge in [-0.25, -0.2) is 8.78 Å². The highest BCUT2D eigenvalue weighted by molar-refractivity contribution is 5.95. The third-order valence-corrected chi connectivity index (χ3v) is 3.11. The van der Waals surface area contributed by atoms with Crippen molar-refractivity contribution in [1.82, 2.24) is 5.32 Å². The number of nitrogens with one attached hydrogen (secondary N) is 1. The zero-order valence-electron chi connectivity index (χ0n) is 12.8. The van der Waals surface area contributed by atoms with Crippen molar-refractivity contribution in [1.29, 1.82) is 0 Å². The first kappa shape index (κ1) is 17.4. The highest BCUT2D eigenvalue weighted by Crippen LogP contribution is 2.25. The van der Waals surface area contributed by atoms with Crippen molar-refractivity contribution in [2.45, 2.75) is 6.43 Å². The maximum absolute atomic E-state index is 12.5. The molecule has 5 nitrogen and oxygen atoms in total. The Kier molecular flexibility index (Phi) is 5.83. The summed E-state index contributed by atoms with van der Waals surface area (Å²) >= 11 is 0. The van der Waals surface area contributed by atoms with Crippen molar-refractivity contribution in [2.24, 2.45) is 0 Å². The Labute approximate surface area is 137 Å². The van der Waals surface area contributed by atoms with Crippen LogP contribution >= 0.6 is 0 Å². The lowest BCUT2D eigenvalue weighted by molar-refractivity contribution is -0.139. The molecule has 0 bridgehead atoms. The van der Waals surface area contributed by atoms with Gasteiger partial charge in [-0.3, -0.25) is 9.59 Å². The monoisotopic (exact) mass is 335 g/mol. The van der Waals surface area contributed by atoms with Crippen LogP contribution in [-0.2, 0) is 9.53 Å². The molecule has 24 heavy (non-hydrogen) atoms. The van der Waals surface area contributed by atoms with Crippen molar-refractivity contribution in [3.05, 3.63) is 59.7 Å². The molecule has 0 aliphatic heterocycles. The van der Waals surface area contributed by atoms with E-state index in [4.69, 9.17) is 4.74 Å². The van der Waals surface area contributed by atoms with E-state index in [1.165, 1.54) is 43.5 Å². The predicted molar refractivity (Wildman–Crippen MR) is 82.3 cm³/mol. The topological polar surface area (TPSA) is 64.6 Å². The number of hydrogen-bond acceptors (Lipinski definition) is 4. The number of esters is 1. The van der Waals surface area contributed by atoms with Gasteiger partial charge in [-0.1, -0.05) is 0 Å². The SMILES string of the molecule is COC(=O)CNC(=O)c1ccc(Oc2ccc(C(F)F)cc2)cc1. The molecule has 0 saturated heterocycles. The largest absolute Gasteiger partial charge is 0.468 e.